The monoisotopic (exact) mass is 221 g/mol. The third-order valence-corrected chi connectivity index (χ3v) is 2.80. The van der Waals surface area contributed by atoms with Crippen molar-refractivity contribution in [1.29, 1.82) is 0 Å². The lowest BCUT2D eigenvalue weighted by molar-refractivity contribution is 0.408. The lowest BCUT2D eigenvalue weighted by atomic mass is 9.84. The fraction of sp³-hybridized carbons (Fsp3) is 0.571. The first-order valence-electron chi connectivity index (χ1n) is 5.83. The van der Waals surface area contributed by atoms with Crippen LogP contribution in [0.3, 0.4) is 0 Å². The molecule has 0 unspecified atom stereocenters. The summed E-state index contributed by atoms with van der Waals surface area (Å²) in [6.45, 7) is 9.80. The van der Waals surface area contributed by atoms with Crippen molar-refractivity contribution in [3.05, 3.63) is 29.8 Å². The molecule has 0 atom stereocenters. The Balaban J connectivity index is 2.79. The minimum absolute atomic E-state index is 0.124. The molecule has 1 N–H and O–H groups in total. The Hall–Kier alpha value is -1.02. The lowest BCUT2D eigenvalue weighted by Crippen LogP contribution is -2.36. The molecule has 2 nitrogen and oxygen atoms in total. The summed E-state index contributed by atoms with van der Waals surface area (Å²) >= 11 is 0. The first-order chi connectivity index (χ1) is 7.45. The second-order valence-electron chi connectivity index (χ2n) is 5.15. The van der Waals surface area contributed by atoms with E-state index in [-0.39, 0.29) is 5.41 Å². The van der Waals surface area contributed by atoms with E-state index in [1.54, 1.807) is 7.11 Å². The largest absolute Gasteiger partial charge is 0.497 e. The van der Waals surface area contributed by atoms with Gasteiger partial charge in [0.15, 0.2) is 0 Å². The van der Waals surface area contributed by atoms with Crippen molar-refractivity contribution < 1.29 is 4.74 Å². The van der Waals surface area contributed by atoms with Crippen molar-refractivity contribution in [3.63, 3.8) is 0 Å². The third-order valence-electron chi connectivity index (χ3n) is 2.80. The van der Waals surface area contributed by atoms with Gasteiger partial charge < -0.3 is 10.1 Å². The molecule has 0 radical (unpaired) electrons. The molecule has 0 amide bonds. The van der Waals surface area contributed by atoms with Gasteiger partial charge in [0, 0.05) is 18.0 Å². The summed E-state index contributed by atoms with van der Waals surface area (Å²) in [5.41, 5.74) is 1.43. The number of nitrogens with one attached hydrogen (secondary N) is 1. The van der Waals surface area contributed by atoms with Crippen molar-refractivity contribution >= 4 is 0 Å². The van der Waals surface area contributed by atoms with Gasteiger partial charge in [-0.15, -0.1) is 0 Å². The highest BCUT2D eigenvalue weighted by molar-refractivity contribution is 5.33. The molecule has 0 bridgehead atoms. The number of rotatable bonds is 5. The van der Waals surface area contributed by atoms with Crippen molar-refractivity contribution in [2.45, 2.75) is 39.2 Å². The molecular formula is C14H23NO. The number of hydrogen-bond donors (Lipinski definition) is 1. The van der Waals surface area contributed by atoms with Crippen molar-refractivity contribution in [2.24, 2.45) is 0 Å². The molecule has 90 valence electrons. The maximum absolute atomic E-state index is 5.26. The molecule has 0 aliphatic carbocycles. The standard InChI is InChI=1S/C14H23NO/c1-11(2)15-10-14(3,4)12-7-6-8-13(9-12)16-5/h6-9,11,15H,10H2,1-5H3. The highest BCUT2D eigenvalue weighted by Gasteiger charge is 2.20. The Bertz CT molecular complexity index is 331. The molecular weight excluding hydrogens is 198 g/mol. The number of hydrogen-bond acceptors (Lipinski definition) is 2. The molecule has 0 aromatic heterocycles. The molecule has 0 saturated carbocycles. The summed E-state index contributed by atoms with van der Waals surface area (Å²) in [6.07, 6.45) is 0. The van der Waals surface area contributed by atoms with Crippen LogP contribution in [0.2, 0.25) is 0 Å². The van der Waals surface area contributed by atoms with Gasteiger partial charge in [0.05, 0.1) is 7.11 Å². The maximum atomic E-state index is 5.26. The number of benzene rings is 1. The minimum atomic E-state index is 0.124. The van der Waals surface area contributed by atoms with Crippen molar-refractivity contribution in [2.75, 3.05) is 13.7 Å². The van der Waals surface area contributed by atoms with Gasteiger partial charge in [0.1, 0.15) is 5.75 Å². The second kappa shape index (κ2) is 5.35. The molecule has 0 spiro atoms. The fourth-order valence-corrected chi connectivity index (χ4v) is 1.61. The van der Waals surface area contributed by atoms with Gasteiger partial charge >= 0.3 is 0 Å². The molecule has 0 fully saturated rings. The van der Waals surface area contributed by atoms with E-state index in [0.29, 0.717) is 6.04 Å². The van der Waals surface area contributed by atoms with Crippen LogP contribution in [0.4, 0.5) is 0 Å². The summed E-state index contributed by atoms with van der Waals surface area (Å²) in [5.74, 6) is 0.926. The smallest absolute Gasteiger partial charge is 0.119 e. The summed E-state index contributed by atoms with van der Waals surface area (Å²) < 4.78 is 5.26. The molecule has 16 heavy (non-hydrogen) atoms. The Morgan fingerprint density at radius 2 is 2.00 bits per heavy atom. The van der Waals surface area contributed by atoms with E-state index in [1.807, 2.05) is 12.1 Å². The summed E-state index contributed by atoms with van der Waals surface area (Å²) in [5, 5.41) is 3.48. The van der Waals surface area contributed by atoms with E-state index in [4.69, 9.17) is 4.74 Å². The Morgan fingerprint density at radius 3 is 2.56 bits per heavy atom. The van der Waals surface area contributed by atoms with E-state index < -0.39 is 0 Å². The zero-order chi connectivity index (χ0) is 12.2. The maximum Gasteiger partial charge on any atom is 0.119 e. The minimum Gasteiger partial charge on any atom is -0.497 e. The Morgan fingerprint density at radius 1 is 1.31 bits per heavy atom. The van der Waals surface area contributed by atoms with Gasteiger partial charge in [0.2, 0.25) is 0 Å². The van der Waals surface area contributed by atoms with Gasteiger partial charge in [-0.2, -0.15) is 0 Å². The zero-order valence-electron chi connectivity index (χ0n) is 11.0. The molecule has 0 aliphatic heterocycles. The van der Waals surface area contributed by atoms with Crippen molar-refractivity contribution in [3.8, 4) is 5.75 Å². The molecule has 2 heteroatoms. The average molecular weight is 221 g/mol. The summed E-state index contributed by atoms with van der Waals surface area (Å²) in [6, 6.07) is 8.82. The quantitative estimate of drug-likeness (QED) is 0.825. The first-order valence-corrected chi connectivity index (χ1v) is 5.83. The first kappa shape index (κ1) is 13.0. The third kappa shape index (κ3) is 3.53. The lowest BCUT2D eigenvalue weighted by Gasteiger charge is -2.27. The zero-order valence-corrected chi connectivity index (χ0v) is 11.0. The fourth-order valence-electron chi connectivity index (χ4n) is 1.61. The van der Waals surface area contributed by atoms with E-state index in [9.17, 15) is 0 Å². The van der Waals surface area contributed by atoms with Gasteiger partial charge in [-0.1, -0.05) is 39.8 Å². The van der Waals surface area contributed by atoms with Gasteiger partial charge in [-0.3, -0.25) is 0 Å². The molecule has 0 saturated heterocycles. The van der Waals surface area contributed by atoms with Crippen LogP contribution in [0.5, 0.6) is 5.75 Å². The average Bonchev–Trinajstić information content (AvgIpc) is 2.27. The Labute approximate surface area is 99.0 Å². The summed E-state index contributed by atoms with van der Waals surface area (Å²) in [7, 11) is 1.71. The van der Waals surface area contributed by atoms with E-state index in [2.05, 4.69) is 45.1 Å². The molecule has 1 aromatic carbocycles. The van der Waals surface area contributed by atoms with Crippen LogP contribution in [0.1, 0.15) is 33.3 Å². The van der Waals surface area contributed by atoms with Crippen LogP contribution >= 0.6 is 0 Å². The highest BCUT2D eigenvalue weighted by Crippen LogP contribution is 2.25. The molecule has 0 heterocycles. The molecule has 0 aliphatic rings. The predicted molar refractivity (Wildman–Crippen MR) is 69.2 cm³/mol. The van der Waals surface area contributed by atoms with Gasteiger partial charge in [-0.25, -0.2) is 0 Å². The van der Waals surface area contributed by atoms with Crippen LogP contribution in [-0.4, -0.2) is 19.7 Å². The van der Waals surface area contributed by atoms with Crippen LogP contribution in [0.25, 0.3) is 0 Å². The normalized spacial score (nSPS) is 11.9. The molecule has 1 rings (SSSR count). The second-order valence-corrected chi connectivity index (χ2v) is 5.15. The van der Waals surface area contributed by atoms with Crippen LogP contribution in [-0.2, 0) is 5.41 Å². The van der Waals surface area contributed by atoms with Crippen molar-refractivity contribution in [1.82, 2.24) is 5.32 Å². The van der Waals surface area contributed by atoms with E-state index in [1.165, 1.54) is 5.56 Å². The van der Waals surface area contributed by atoms with E-state index >= 15 is 0 Å². The van der Waals surface area contributed by atoms with Crippen LogP contribution in [0.15, 0.2) is 24.3 Å². The van der Waals surface area contributed by atoms with Gasteiger partial charge in [-0.05, 0) is 17.7 Å². The van der Waals surface area contributed by atoms with Crippen LogP contribution < -0.4 is 10.1 Å². The highest BCUT2D eigenvalue weighted by atomic mass is 16.5. The summed E-state index contributed by atoms with van der Waals surface area (Å²) in [4.78, 5) is 0. The molecule has 1 aromatic rings. The predicted octanol–water partition coefficient (Wildman–Crippen LogP) is 2.97. The number of methoxy groups -OCH3 is 1. The van der Waals surface area contributed by atoms with E-state index in [0.717, 1.165) is 12.3 Å². The topological polar surface area (TPSA) is 21.3 Å². The Kier molecular flexibility index (Phi) is 4.36. The number of ether oxygens (including phenoxy) is 1. The SMILES string of the molecule is COc1cccc(C(C)(C)CNC(C)C)c1. The van der Waals surface area contributed by atoms with Gasteiger partial charge in [0.25, 0.3) is 0 Å². The van der Waals surface area contributed by atoms with Crippen LogP contribution in [0, 0.1) is 0 Å².